The summed E-state index contributed by atoms with van der Waals surface area (Å²) in [6, 6.07) is 11.8. The smallest absolute Gasteiger partial charge is 0.262 e. The molecule has 2 heterocycles. The first kappa shape index (κ1) is 13.3. The molecular weight excluding hydrogens is 290 g/mol. The van der Waals surface area contributed by atoms with Gasteiger partial charge in [-0.3, -0.25) is 9.78 Å². The second-order valence-electron chi connectivity index (χ2n) is 4.34. The number of benzene rings is 1. The lowest BCUT2D eigenvalue weighted by molar-refractivity contribution is 0.454. The molecule has 2 N–H and O–H groups in total. The number of rotatable bonds is 2. The number of aromatic nitrogens is 3. The predicted octanol–water partition coefficient (Wildman–Crippen LogP) is 2.86. The van der Waals surface area contributed by atoms with E-state index in [1.807, 2.05) is 0 Å². The molecular formula is C15H10ClN3O2. The molecule has 5 nitrogen and oxygen atoms in total. The number of hydrogen-bond donors (Lipinski definition) is 2. The summed E-state index contributed by atoms with van der Waals surface area (Å²) in [7, 11) is 0. The van der Waals surface area contributed by atoms with Gasteiger partial charge in [-0.2, -0.15) is 4.98 Å². The molecule has 104 valence electrons. The zero-order chi connectivity index (χ0) is 14.8. The molecule has 1 aromatic carbocycles. The van der Waals surface area contributed by atoms with Gasteiger partial charge in [0.15, 0.2) is 5.82 Å². The van der Waals surface area contributed by atoms with E-state index in [4.69, 9.17) is 11.6 Å². The lowest BCUT2D eigenvalue weighted by Gasteiger charge is -2.06. The highest BCUT2D eigenvalue weighted by molar-refractivity contribution is 6.30. The summed E-state index contributed by atoms with van der Waals surface area (Å²) in [5.74, 6) is -0.127. The van der Waals surface area contributed by atoms with Gasteiger partial charge in [-0.1, -0.05) is 29.8 Å². The van der Waals surface area contributed by atoms with E-state index in [9.17, 15) is 9.90 Å². The fourth-order valence-corrected chi connectivity index (χ4v) is 2.09. The lowest BCUT2D eigenvalue weighted by atomic mass is 10.1. The van der Waals surface area contributed by atoms with E-state index in [0.717, 1.165) is 0 Å². The minimum absolute atomic E-state index is 0.103. The number of hydrogen-bond acceptors (Lipinski definition) is 4. The van der Waals surface area contributed by atoms with Crippen LogP contribution in [-0.2, 0) is 0 Å². The second kappa shape index (κ2) is 5.38. The Hall–Kier alpha value is -2.66. The Bertz CT molecular complexity index is 830. The van der Waals surface area contributed by atoms with Gasteiger partial charge in [0.25, 0.3) is 5.56 Å². The van der Waals surface area contributed by atoms with Gasteiger partial charge >= 0.3 is 0 Å². The molecule has 0 atom stereocenters. The Kier molecular flexibility index (Phi) is 3.41. The van der Waals surface area contributed by atoms with Crippen molar-refractivity contribution in [1.82, 2.24) is 15.0 Å². The molecule has 0 aliphatic heterocycles. The highest BCUT2D eigenvalue weighted by Crippen LogP contribution is 2.26. The van der Waals surface area contributed by atoms with E-state index in [0.29, 0.717) is 16.3 Å². The normalized spacial score (nSPS) is 10.5. The second-order valence-corrected chi connectivity index (χ2v) is 4.77. The fraction of sp³-hybridized carbons (Fsp3) is 0. The molecule has 3 aromatic rings. The van der Waals surface area contributed by atoms with E-state index in [1.165, 1.54) is 0 Å². The van der Waals surface area contributed by atoms with E-state index < -0.39 is 5.56 Å². The molecule has 0 aliphatic rings. The number of nitrogens with zero attached hydrogens (tertiary/aromatic N) is 2. The maximum Gasteiger partial charge on any atom is 0.262 e. The van der Waals surface area contributed by atoms with Crippen LogP contribution in [0.2, 0.25) is 5.02 Å². The Balaban J connectivity index is 2.13. The molecule has 0 saturated heterocycles. The largest absolute Gasteiger partial charge is 0.493 e. The summed E-state index contributed by atoms with van der Waals surface area (Å²) >= 11 is 5.81. The lowest BCUT2D eigenvalue weighted by Crippen LogP contribution is -2.12. The number of pyridine rings is 1. The van der Waals surface area contributed by atoms with Crippen LogP contribution in [0.25, 0.3) is 22.6 Å². The van der Waals surface area contributed by atoms with Gasteiger partial charge < -0.3 is 10.1 Å². The topological polar surface area (TPSA) is 78.9 Å². The maximum absolute atomic E-state index is 12.2. The third kappa shape index (κ3) is 2.64. The number of halogens is 1. The standard InChI is InChI=1S/C15H10ClN3O2/c16-10-6-4-9(5-7-10)12-14(20)18-13(19-15(12)21)11-3-1-2-8-17-11/h1-8H,(H2,18,19,20,21). The van der Waals surface area contributed by atoms with Crippen LogP contribution in [0.15, 0.2) is 53.5 Å². The highest BCUT2D eigenvalue weighted by Gasteiger charge is 2.14. The fourth-order valence-electron chi connectivity index (χ4n) is 1.96. The minimum atomic E-state index is -0.439. The summed E-state index contributed by atoms with van der Waals surface area (Å²) in [4.78, 5) is 22.9. The number of H-pyrrole nitrogens is 1. The Labute approximate surface area is 124 Å². The molecule has 0 bridgehead atoms. The Morgan fingerprint density at radius 1 is 1.10 bits per heavy atom. The monoisotopic (exact) mass is 299 g/mol. The molecule has 0 aliphatic carbocycles. The molecule has 0 saturated carbocycles. The highest BCUT2D eigenvalue weighted by atomic mass is 35.5. The van der Waals surface area contributed by atoms with Gasteiger partial charge in [-0.15, -0.1) is 0 Å². The van der Waals surface area contributed by atoms with Crippen molar-refractivity contribution < 1.29 is 5.11 Å². The van der Waals surface area contributed by atoms with Crippen LogP contribution in [-0.4, -0.2) is 20.1 Å². The Morgan fingerprint density at radius 3 is 2.48 bits per heavy atom. The van der Waals surface area contributed by atoms with Crippen LogP contribution >= 0.6 is 11.6 Å². The summed E-state index contributed by atoms with van der Waals surface area (Å²) in [6.45, 7) is 0. The van der Waals surface area contributed by atoms with Gasteiger partial charge in [0.05, 0.1) is 0 Å². The van der Waals surface area contributed by atoms with Crippen molar-refractivity contribution >= 4 is 11.6 Å². The molecule has 0 amide bonds. The quantitative estimate of drug-likeness (QED) is 0.762. The van der Waals surface area contributed by atoms with Crippen LogP contribution in [0.4, 0.5) is 0 Å². The van der Waals surface area contributed by atoms with Crippen molar-refractivity contribution in [1.29, 1.82) is 0 Å². The van der Waals surface area contributed by atoms with Gasteiger partial charge in [-0.25, -0.2) is 0 Å². The first-order valence-corrected chi connectivity index (χ1v) is 6.53. The van der Waals surface area contributed by atoms with Crippen molar-refractivity contribution in [2.45, 2.75) is 0 Å². The summed E-state index contributed by atoms with van der Waals surface area (Å²) < 4.78 is 0. The maximum atomic E-state index is 12.2. The van der Waals surface area contributed by atoms with Gasteiger partial charge in [0.2, 0.25) is 5.88 Å². The van der Waals surface area contributed by atoms with Crippen molar-refractivity contribution in [3.8, 4) is 28.5 Å². The van der Waals surface area contributed by atoms with Crippen molar-refractivity contribution in [2.24, 2.45) is 0 Å². The number of nitrogens with one attached hydrogen (secondary N) is 1. The number of aromatic hydroxyl groups is 1. The van der Waals surface area contributed by atoms with Crippen LogP contribution in [0, 0.1) is 0 Å². The van der Waals surface area contributed by atoms with Crippen LogP contribution in [0.1, 0.15) is 0 Å². The van der Waals surface area contributed by atoms with Gasteiger partial charge in [0, 0.05) is 11.2 Å². The molecule has 3 rings (SSSR count). The molecule has 21 heavy (non-hydrogen) atoms. The zero-order valence-corrected chi connectivity index (χ0v) is 11.5. The van der Waals surface area contributed by atoms with E-state index in [2.05, 4.69) is 15.0 Å². The average molecular weight is 300 g/mol. The Morgan fingerprint density at radius 2 is 1.86 bits per heavy atom. The van der Waals surface area contributed by atoms with E-state index >= 15 is 0 Å². The van der Waals surface area contributed by atoms with E-state index in [-0.39, 0.29) is 17.3 Å². The van der Waals surface area contributed by atoms with Crippen molar-refractivity contribution in [3.05, 3.63) is 64.0 Å². The van der Waals surface area contributed by atoms with Crippen LogP contribution in [0.3, 0.4) is 0 Å². The van der Waals surface area contributed by atoms with Crippen LogP contribution < -0.4 is 5.56 Å². The molecule has 2 aromatic heterocycles. The van der Waals surface area contributed by atoms with E-state index in [1.54, 1.807) is 48.7 Å². The summed E-state index contributed by atoms with van der Waals surface area (Å²) in [5.41, 5.74) is 0.683. The first-order chi connectivity index (χ1) is 10.1. The predicted molar refractivity (Wildman–Crippen MR) is 80.2 cm³/mol. The first-order valence-electron chi connectivity index (χ1n) is 6.16. The van der Waals surface area contributed by atoms with Gasteiger partial charge in [0.1, 0.15) is 11.3 Å². The third-order valence-electron chi connectivity index (χ3n) is 2.94. The average Bonchev–Trinajstić information content (AvgIpc) is 2.49. The molecule has 0 spiro atoms. The molecule has 0 radical (unpaired) electrons. The summed E-state index contributed by atoms with van der Waals surface area (Å²) in [5, 5.41) is 10.6. The molecule has 0 fully saturated rings. The van der Waals surface area contributed by atoms with Crippen molar-refractivity contribution in [3.63, 3.8) is 0 Å². The van der Waals surface area contributed by atoms with Gasteiger partial charge in [-0.05, 0) is 29.8 Å². The zero-order valence-electron chi connectivity index (χ0n) is 10.7. The van der Waals surface area contributed by atoms with Crippen molar-refractivity contribution in [2.75, 3.05) is 0 Å². The molecule has 0 unspecified atom stereocenters. The SMILES string of the molecule is O=c1[nH]c(-c2ccccn2)nc(O)c1-c1ccc(Cl)cc1. The third-order valence-corrected chi connectivity index (χ3v) is 3.19. The summed E-state index contributed by atoms with van der Waals surface area (Å²) in [6.07, 6.45) is 1.58. The molecule has 6 heteroatoms. The minimum Gasteiger partial charge on any atom is -0.493 e. The van der Waals surface area contributed by atoms with Crippen LogP contribution in [0.5, 0.6) is 5.88 Å². The number of aromatic amines is 1.